The maximum absolute atomic E-state index is 3.28. The van der Waals surface area contributed by atoms with E-state index in [-0.39, 0.29) is 24.8 Å². The molecule has 0 aliphatic carbocycles. The van der Waals surface area contributed by atoms with Crippen LogP contribution in [-0.4, -0.2) is 13.1 Å². The molecule has 0 radical (unpaired) electrons. The van der Waals surface area contributed by atoms with Crippen molar-refractivity contribution in [1.82, 2.24) is 10.9 Å². The number of hydrogen-bond acceptors (Lipinski definition) is 2. The molecule has 2 nitrogen and oxygen atoms in total. The molecule has 0 unspecified atom stereocenters. The van der Waals surface area contributed by atoms with Gasteiger partial charge in [0, 0.05) is 13.1 Å². The second-order valence-electron chi connectivity index (χ2n) is 6.45. The van der Waals surface area contributed by atoms with Crippen molar-refractivity contribution in [3.8, 4) is 0 Å². The molecule has 0 amide bonds. The van der Waals surface area contributed by atoms with Crippen molar-refractivity contribution in [2.45, 2.75) is 110 Å². The second-order valence-corrected chi connectivity index (χ2v) is 6.45. The first-order valence-electron chi connectivity index (χ1n) is 9.87. The molecule has 0 aromatic rings. The molecular formula is C19H44Cl2N2. The molecule has 0 aliphatic rings. The Kier molecular flexibility index (Phi) is 33.7. The Hall–Kier alpha value is 0.500. The zero-order chi connectivity index (χ0) is 15.4. The Balaban J connectivity index is -0.00000200. The molecule has 0 aromatic carbocycles. The second kappa shape index (κ2) is 27.4. The van der Waals surface area contributed by atoms with E-state index in [1.54, 1.807) is 0 Å². The summed E-state index contributed by atoms with van der Waals surface area (Å²) in [7, 11) is 0. The van der Waals surface area contributed by atoms with Gasteiger partial charge in [-0.05, 0) is 12.8 Å². The SMILES string of the molecule is CCCCCCCCCCCCCCCCNNCCC.Cl.Cl. The maximum Gasteiger partial charge on any atom is 0.00997 e. The largest absolute Gasteiger partial charge is 0.258 e. The first-order chi connectivity index (χ1) is 10.4. The van der Waals surface area contributed by atoms with E-state index in [0.717, 1.165) is 13.1 Å². The Morgan fingerprint density at radius 3 is 1.13 bits per heavy atom. The topological polar surface area (TPSA) is 24.1 Å². The van der Waals surface area contributed by atoms with Crippen LogP contribution in [0.5, 0.6) is 0 Å². The average molecular weight is 371 g/mol. The van der Waals surface area contributed by atoms with Crippen LogP contribution in [0.25, 0.3) is 0 Å². The summed E-state index contributed by atoms with van der Waals surface area (Å²) in [5, 5.41) is 0. The number of halogens is 2. The van der Waals surface area contributed by atoms with Gasteiger partial charge in [0.15, 0.2) is 0 Å². The van der Waals surface area contributed by atoms with Gasteiger partial charge in [-0.15, -0.1) is 24.8 Å². The van der Waals surface area contributed by atoms with Gasteiger partial charge in [-0.25, -0.2) is 0 Å². The van der Waals surface area contributed by atoms with Crippen LogP contribution in [-0.2, 0) is 0 Å². The molecule has 0 fully saturated rings. The fraction of sp³-hybridized carbons (Fsp3) is 1.00. The van der Waals surface area contributed by atoms with Gasteiger partial charge in [-0.3, -0.25) is 10.9 Å². The molecule has 0 saturated heterocycles. The summed E-state index contributed by atoms with van der Waals surface area (Å²) >= 11 is 0. The van der Waals surface area contributed by atoms with Crippen molar-refractivity contribution in [3.05, 3.63) is 0 Å². The molecular weight excluding hydrogens is 327 g/mol. The summed E-state index contributed by atoms with van der Waals surface area (Å²) in [5.74, 6) is 0. The molecule has 0 heterocycles. The maximum atomic E-state index is 3.28. The standard InChI is InChI=1S/C19H42N2.2ClH/c1-3-5-6-7-8-9-10-11-12-13-14-15-16-17-19-21-20-18-4-2;;/h20-21H,3-19H2,1-2H3;2*1H. The van der Waals surface area contributed by atoms with Crippen LogP contribution in [0.4, 0.5) is 0 Å². The fourth-order valence-corrected chi connectivity index (χ4v) is 2.71. The van der Waals surface area contributed by atoms with E-state index < -0.39 is 0 Å². The Bertz CT molecular complexity index is 163. The number of hydrogen-bond donors (Lipinski definition) is 2. The van der Waals surface area contributed by atoms with E-state index in [2.05, 4.69) is 24.7 Å². The van der Waals surface area contributed by atoms with Gasteiger partial charge < -0.3 is 0 Å². The lowest BCUT2D eigenvalue weighted by Crippen LogP contribution is -2.32. The highest BCUT2D eigenvalue weighted by Crippen LogP contribution is 2.12. The highest BCUT2D eigenvalue weighted by molar-refractivity contribution is 5.85. The summed E-state index contributed by atoms with van der Waals surface area (Å²) in [6.07, 6.45) is 21.3. The summed E-state index contributed by atoms with van der Waals surface area (Å²) in [4.78, 5) is 0. The summed E-state index contributed by atoms with van der Waals surface area (Å²) in [5.41, 5.74) is 6.51. The molecule has 0 aliphatic heterocycles. The third kappa shape index (κ3) is 27.6. The fourth-order valence-electron chi connectivity index (χ4n) is 2.71. The first-order valence-corrected chi connectivity index (χ1v) is 9.87. The minimum atomic E-state index is 0. The summed E-state index contributed by atoms with van der Waals surface area (Å²) in [6.45, 7) is 6.69. The van der Waals surface area contributed by atoms with Crippen LogP contribution in [0.3, 0.4) is 0 Å². The van der Waals surface area contributed by atoms with Crippen molar-refractivity contribution in [3.63, 3.8) is 0 Å². The number of hydrazine groups is 1. The predicted octanol–water partition coefficient (Wildman–Crippen LogP) is 6.82. The minimum Gasteiger partial charge on any atom is -0.258 e. The van der Waals surface area contributed by atoms with Gasteiger partial charge in [-0.2, -0.15) is 0 Å². The molecule has 23 heavy (non-hydrogen) atoms. The summed E-state index contributed by atoms with van der Waals surface area (Å²) < 4.78 is 0. The normalized spacial score (nSPS) is 10.2. The lowest BCUT2D eigenvalue weighted by molar-refractivity contribution is 0.494. The lowest BCUT2D eigenvalue weighted by Gasteiger charge is -2.05. The average Bonchev–Trinajstić information content (AvgIpc) is 2.50. The smallest absolute Gasteiger partial charge is 0.00997 e. The van der Waals surface area contributed by atoms with Crippen molar-refractivity contribution in [1.29, 1.82) is 0 Å². The quantitative estimate of drug-likeness (QED) is 0.204. The molecule has 0 spiro atoms. The number of nitrogens with one attached hydrogen (secondary N) is 2. The molecule has 0 rings (SSSR count). The van der Waals surface area contributed by atoms with E-state index in [1.165, 1.54) is 96.3 Å². The van der Waals surface area contributed by atoms with Crippen LogP contribution in [0, 0.1) is 0 Å². The van der Waals surface area contributed by atoms with Crippen LogP contribution < -0.4 is 10.9 Å². The van der Waals surface area contributed by atoms with E-state index in [4.69, 9.17) is 0 Å². The van der Waals surface area contributed by atoms with Crippen LogP contribution in [0.15, 0.2) is 0 Å². The molecule has 4 heteroatoms. The van der Waals surface area contributed by atoms with E-state index in [0.29, 0.717) is 0 Å². The Morgan fingerprint density at radius 2 is 0.739 bits per heavy atom. The zero-order valence-corrected chi connectivity index (χ0v) is 17.5. The molecule has 0 aromatic heterocycles. The molecule has 2 N–H and O–H groups in total. The van der Waals surface area contributed by atoms with E-state index >= 15 is 0 Å². The Labute approximate surface area is 159 Å². The van der Waals surface area contributed by atoms with Crippen molar-refractivity contribution < 1.29 is 0 Å². The third-order valence-corrected chi connectivity index (χ3v) is 4.16. The van der Waals surface area contributed by atoms with Gasteiger partial charge in [0.2, 0.25) is 0 Å². The minimum absolute atomic E-state index is 0. The lowest BCUT2D eigenvalue weighted by atomic mass is 10.0. The van der Waals surface area contributed by atoms with Crippen molar-refractivity contribution in [2.24, 2.45) is 0 Å². The van der Waals surface area contributed by atoms with Crippen LogP contribution in [0.2, 0.25) is 0 Å². The van der Waals surface area contributed by atoms with Crippen molar-refractivity contribution >= 4 is 24.8 Å². The van der Waals surface area contributed by atoms with E-state index in [9.17, 15) is 0 Å². The van der Waals surface area contributed by atoms with Gasteiger partial charge in [-0.1, -0.05) is 97.3 Å². The predicted molar refractivity (Wildman–Crippen MR) is 111 cm³/mol. The van der Waals surface area contributed by atoms with Gasteiger partial charge in [0.25, 0.3) is 0 Å². The zero-order valence-electron chi connectivity index (χ0n) is 15.8. The molecule has 0 bridgehead atoms. The molecule has 144 valence electrons. The van der Waals surface area contributed by atoms with Crippen molar-refractivity contribution in [2.75, 3.05) is 13.1 Å². The number of rotatable bonds is 18. The van der Waals surface area contributed by atoms with Gasteiger partial charge in [0.05, 0.1) is 0 Å². The summed E-state index contributed by atoms with van der Waals surface area (Å²) in [6, 6.07) is 0. The van der Waals surface area contributed by atoms with Gasteiger partial charge >= 0.3 is 0 Å². The van der Waals surface area contributed by atoms with Crippen LogP contribution in [0.1, 0.15) is 110 Å². The Morgan fingerprint density at radius 1 is 0.391 bits per heavy atom. The molecule has 0 saturated carbocycles. The highest BCUT2D eigenvalue weighted by Gasteiger charge is 1.94. The highest BCUT2D eigenvalue weighted by atomic mass is 35.5. The van der Waals surface area contributed by atoms with E-state index in [1.807, 2.05) is 0 Å². The first kappa shape index (κ1) is 28.3. The third-order valence-electron chi connectivity index (χ3n) is 4.16. The van der Waals surface area contributed by atoms with Gasteiger partial charge in [0.1, 0.15) is 0 Å². The number of unbranched alkanes of at least 4 members (excludes halogenated alkanes) is 13. The molecule has 0 atom stereocenters. The monoisotopic (exact) mass is 370 g/mol. The van der Waals surface area contributed by atoms with Crippen LogP contribution >= 0.6 is 24.8 Å².